The number of amides is 1. The van der Waals surface area contributed by atoms with Gasteiger partial charge in [-0.05, 0) is 33.2 Å². The Labute approximate surface area is 121 Å². The van der Waals surface area contributed by atoms with Crippen molar-refractivity contribution in [2.45, 2.75) is 36.8 Å². The minimum absolute atomic E-state index is 0.0105. The van der Waals surface area contributed by atoms with Crippen molar-refractivity contribution in [2.24, 2.45) is 0 Å². The molecule has 0 spiro atoms. The zero-order valence-electron chi connectivity index (χ0n) is 11.6. The molecule has 1 aliphatic carbocycles. The van der Waals surface area contributed by atoms with Crippen LogP contribution in [0.15, 0.2) is 15.6 Å². The van der Waals surface area contributed by atoms with E-state index in [-0.39, 0.29) is 16.4 Å². The predicted octanol–water partition coefficient (Wildman–Crippen LogP) is 0.233. The maximum atomic E-state index is 12.2. The number of carboxylic acid groups (broad SMARTS) is 1. The molecule has 21 heavy (non-hydrogen) atoms. The number of carbonyl (C=O) groups excluding carboxylic acids is 1. The topological polar surface area (TPSA) is 126 Å². The van der Waals surface area contributed by atoms with Crippen molar-refractivity contribution in [1.82, 2.24) is 10.0 Å². The van der Waals surface area contributed by atoms with Crippen LogP contribution < -0.4 is 10.0 Å². The second kappa shape index (κ2) is 5.15. The minimum Gasteiger partial charge on any atom is -0.480 e. The molecule has 0 radical (unpaired) electrons. The van der Waals surface area contributed by atoms with Gasteiger partial charge in [0.05, 0.1) is 5.56 Å². The van der Waals surface area contributed by atoms with Gasteiger partial charge in [-0.15, -0.1) is 0 Å². The third-order valence-corrected chi connectivity index (χ3v) is 4.91. The summed E-state index contributed by atoms with van der Waals surface area (Å²) in [6.45, 7) is 1.44. The molecule has 1 saturated carbocycles. The van der Waals surface area contributed by atoms with Gasteiger partial charge in [0.25, 0.3) is 15.9 Å². The van der Waals surface area contributed by atoms with Crippen molar-refractivity contribution in [2.75, 3.05) is 7.05 Å². The molecule has 1 aromatic rings. The molecule has 1 amide bonds. The maximum absolute atomic E-state index is 12.2. The zero-order valence-corrected chi connectivity index (χ0v) is 12.4. The number of carbonyl (C=O) groups is 2. The minimum atomic E-state index is -3.80. The fraction of sp³-hybridized carbons (Fsp3) is 0.500. The molecule has 0 atom stereocenters. The van der Waals surface area contributed by atoms with Gasteiger partial charge in [-0.25, -0.2) is 17.9 Å². The van der Waals surface area contributed by atoms with Crippen molar-refractivity contribution in [3.8, 4) is 0 Å². The van der Waals surface area contributed by atoms with E-state index in [0.717, 1.165) is 12.5 Å². The summed E-state index contributed by atoms with van der Waals surface area (Å²) in [4.78, 5) is 23.4. The number of sulfonamides is 1. The van der Waals surface area contributed by atoms with E-state index in [0.29, 0.717) is 12.8 Å². The second-order valence-corrected chi connectivity index (χ2v) is 6.76. The van der Waals surface area contributed by atoms with E-state index in [4.69, 9.17) is 4.42 Å². The highest BCUT2D eigenvalue weighted by Gasteiger charge is 2.46. The lowest BCUT2D eigenvalue weighted by Crippen LogP contribution is -2.59. The van der Waals surface area contributed by atoms with E-state index in [1.165, 1.54) is 14.0 Å². The van der Waals surface area contributed by atoms with E-state index in [1.807, 2.05) is 0 Å². The lowest BCUT2D eigenvalue weighted by Gasteiger charge is -2.38. The summed E-state index contributed by atoms with van der Waals surface area (Å²) >= 11 is 0. The Kier molecular flexibility index (Phi) is 3.81. The first-order valence-corrected chi connectivity index (χ1v) is 7.80. The molecule has 8 nitrogen and oxygen atoms in total. The molecule has 0 saturated heterocycles. The Bertz CT molecular complexity index is 687. The normalized spacial score (nSPS) is 17.0. The Morgan fingerprint density at radius 3 is 2.43 bits per heavy atom. The summed E-state index contributed by atoms with van der Waals surface area (Å²) < 4.78 is 30.4. The lowest BCUT2D eigenvalue weighted by atomic mass is 9.76. The fourth-order valence-corrected chi connectivity index (χ4v) is 2.83. The van der Waals surface area contributed by atoms with Crippen LogP contribution in [-0.4, -0.2) is 38.0 Å². The van der Waals surface area contributed by atoms with E-state index in [2.05, 4.69) is 10.0 Å². The molecule has 1 fully saturated rings. The maximum Gasteiger partial charge on any atom is 0.329 e. The summed E-state index contributed by atoms with van der Waals surface area (Å²) in [6.07, 6.45) is 1.43. The Hall–Kier alpha value is -1.87. The fourth-order valence-electron chi connectivity index (χ4n) is 2.12. The summed E-state index contributed by atoms with van der Waals surface area (Å²) in [5, 5.41) is 11.2. The van der Waals surface area contributed by atoms with Gasteiger partial charge < -0.3 is 14.8 Å². The van der Waals surface area contributed by atoms with Crippen LogP contribution >= 0.6 is 0 Å². The average Bonchev–Trinajstić information content (AvgIpc) is 2.76. The van der Waals surface area contributed by atoms with Crippen LogP contribution in [0.2, 0.25) is 0 Å². The highest BCUT2D eigenvalue weighted by molar-refractivity contribution is 7.89. The molecule has 1 heterocycles. The van der Waals surface area contributed by atoms with Gasteiger partial charge >= 0.3 is 5.97 Å². The quantitative estimate of drug-likeness (QED) is 0.714. The monoisotopic (exact) mass is 316 g/mol. The highest BCUT2D eigenvalue weighted by atomic mass is 32.2. The zero-order chi connectivity index (χ0) is 15.8. The third kappa shape index (κ3) is 2.66. The van der Waals surface area contributed by atoms with Crippen LogP contribution in [-0.2, 0) is 14.8 Å². The van der Waals surface area contributed by atoms with Gasteiger partial charge in [-0.3, -0.25) is 4.79 Å². The van der Waals surface area contributed by atoms with Crippen molar-refractivity contribution >= 4 is 21.9 Å². The molecule has 0 bridgehead atoms. The first kappa shape index (κ1) is 15.5. The van der Waals surface area contributed by atoms with Crippen molar-refractivity contribution in [3.05, 3.63) is 17.4 Å². The van der Waals surface area contributed by atoms with Gasteiger partial charge in [0.1, 0.15) is 11.3 Å². The third-order valence-electron chi connectivity index (χ3n) is 3.64. The van der Waals surface area contributed by atoms with Crippen molar-refractivity contribution < 1.29 is 27.5 Å². The van der Waals surface area contributed by atoms with Gasteiger partial charge in [-0.1, -0.05) is 0 Å². The van der Waals surface area contributed by atoms with Gasteiger partial charge in [0.2, 0.25) is 5.09 Å². The molecule has 1 aliphatic rings. The molecule has 3 N–H and O–H groups in total. The molecule has 2 rings (SSSR count). The molecule has 1 aromatic heterocycles. The van der Waals surface area contributed by atoms with Crippen LogP contribution in [0.25, 0.3) is 0 Å². The molecule has 116 valence electrons. The van der Waals surface area contributed by atoms with Gasteiger partial charge in [0, 0.05) is 6.07 Å². The molecule has 0 aromatic carbocycles. The largest absolute Gasteiger partial charge is 0.480 e. The number of rotatable bonds is 5. The Morgan fingerprint density at radius 2 is 2.00 bits per heavy atom. The molecule has 0 unspecified atom stereocenters. The SMILES string of the molecule is CNS(=O)(=O)c1cc(C(=O)NC2(C(=O)O)CCC2)c(C)o1. The summed E-state index contributed by atoms with van der Waals surface area (Å²) in [5.74, 6) is -1.64. The molecular formula is C12H16N2O6S. The van der Waals surface area contributed by atoms with Crippen LogP contribution in [0.1, 0.15) is 35.4 Å². The average molecular weight is 316 g/mol. The summed E-state index contributed by atoms with van der Waals surface area (Å²) in [7, 11) is -2.58. The Balaban J connectivity index is 2.27. The lowest BCUT2D eigenvalue weighted by molar-refractivity contribution is -0.148. The number of nitrogens with one attached hydrogen (secondary N) is 2. The number of hydrogen-bond acceptors (Lipinski definition) is 5. The summed E-state index contributed by atoms with van der Waals surface area (Å²) in [5.41, 5.74) is -1.25. The molecule has 9 heteroatoms. The predicted molar refractivity (Wildman–Crippen MR) is 71.4 cm³/mol. The van der Waals surface area contributed by atoms with Gasteiger partial charge in [-0.2, -0.15) is 0 Å². The Morgan fingerprint density at radius 1 is 1.38 bits per heavy atom. The first-order valence-electron chi connectivity index (χ1n) is 6.32. The number of aliphatic carboxylic acids is 1. The van der Waals surface area contributed by atoms with Crippen LogP contribution in [0.5, 0.6) is 0 Å². The standard InChI is InChI=1S/C12H16N2O6S/c1-7-8(6-9(20-7)21(18,19)13-2)10(15)14-12(11(16)17)4-3-5-12/h6,13H,3-5H2,1-2H3,(H,14,15)(H,16,17). The van der Waals surface area contributed by atoms with Crippen molar-refractivity contribution in [1.29, 1.82) is 0 Å². The first-order chi connectivity index (χ1) is 9.72. The molecular weight excluding hydrogens is 300 g/mol. The molecule has 0 aliphatic heterocycles. The highest BCUT2D eigenvalue weighted by Crippen LogP contribution is 2.32. The van der Waals surface area contributed by atoms with Crippen LogP contribution in [0.3, 0.4) is 0 Å². The number of aryl methyl sites for hydroxylation is 1. The van der Waals surface area contributed by atoms with E-state index in [1.54, 1.807) is 0 Å². The smallest absolute Gasteiger partial charge is 0.329 e. The second-order valence-electron chi connectivity index (χ2n) is 4.94. The van der Waals surface area contributed by atoms with Crippen LogP contribution in [0.4, 0.5) is 0 Å². The summed E-state index contributed by atoms with van der Waals surface area (Å²) in [6, 6.07) is 1.09. The van der Waals surface area contributed by atoms with E-state index >= 15 is 0 Å². The number of carboxylic acids is 1. The van der Waals surface area contributed by atoms with E-state index < -0.39 is 27.4 Å². The van der Waals surface area contributed by atoms with Crippen LogP contribution in [0, 0.1) is 6.92 Å². The number of hydrogen-bond donors (Lipinski definition) is 3. The van der Waals surface area contributed by atoms with Crippen molar-refractivity contribution in [3.63, 3.8) is 0 Å². The van der Waals surface area contributed by atoms with E-state index in [9.17, 15) is 23.1 Å². The van der Waals surface area contributed by atoms with Gasteiger partial charge in [0.15, 0.2) is 0 Å². The number of furan rings is 1.